The molecule has 5 rings (SSSR count). The van der Waals surface area contributed by atoms with E-state index in [-0.39, 0.29) is 11.2 Å². The van der Waals surface area contributed by atoms with Crippen LogP contribution in [0.4, 0.5) is 5.69 Å². The fourth-order valence-corrected chi connectivity index (χ4v) is 4.92. The van der Waals surface area contributed by atoms with E-state index in [4.69, 9.17) is 9.97 Å². The summed E-state index contributed by atoms with van der Waals surface area (Å²) in [6, 6.07) is 24.1. The minimum absolute atomic E-state index is 0.0192. The molecule has 0 aliphatic carbocycles. The zero-order valence-electron chi connectivity index (χ0n) is 18.1. The first kappa shape index (κ1) is 20.5. The number of fused-ring (bicyclic) bond motifs is 5. The third-order valence-electron chi connectivity index (χ3n) is 5.65. The van der Waals surface area contributed by atoms with Crippen molar-refractivity contribution in [1.82, 2.24) is 14.4 Å². The molecule has 0 spiro atoms. The zero-order chi connectivity index (χ0) is 22.1. The number of hydrogen-bond donors (Lipinski definition) is 1. The summed E-state index contributed by atoms with van der Waals surface area (Å²) in [6.07, 6.45) is 1.66. The summed E-state index contributed by atoms with van der Waals surface area (Å²) in [5.74, 6) is -0.0192. The molecule has 0 saturated carbocycles. The summed E-state index contributed by atoms with van der Waals surface area (Å²) >= 11 is 1.49. The Morgan fingerprint density at radius 3 is 2.41 bits per heavy atom. The fraction of sp³-hybridized carbons (Fsp3) is 0.192. The van der Waals surface area contributed by atoms with Crippen molar-refractivity contribution >= 4 is 50.9 Å². The first-order valence-electron chi connectivity index (χ1n) is 10.9. The molecule has 0 radical (unpaired) electrons. The highest BCUT2D eigenvalue weighted by Gasteiger charge is 2.22. The number of aryl methyl sites for hydroxylation is 1. The molecule has 2 aromatic heterocycles. The van der Waals surface area contributed by atoms with Crippen molar-refractivity contribution < 1.29 is 4.79 Å². The third kappa shape index (κ3) is 3.71. The number of amides is 1. The highest BCUT2D eigenvalue weighted by Crippen LogP contribution is 2.32. The van der Waals surface area contributed by atoms with Crippen LogP contribution in [0.25, 0.3) is 27.6 Å². The van der Waals surface area contributed by atoms with Crippen molar-refractivity contribution in [3.8, 4) is 0 Å². The normalized spacial score (nSPS) is 12.4. The van der Waals surface area contributed by atoms with Crippen LogP contribution in [0.1, 0.15) is 25.8 Å². The molecule has 0 aliphatic heterocycles. The summed E-state index contributed by atoms with van der Waals surface area (Å²) in [6.45, 7) is 4.15. The Kier molecular flexibility index (Phi) is 5.53. The smallest absolute Gasteiger partial charge is 0.237 e. The molecule has 5 aromatic rings. The number of aromatic nitrogens is 3. The molecule has 32 heavy (non-hydrogen) atoms. The lowest BCUT2D eigenvalue weighted by Gasteiger charge is -2.16. The zero-order valence-corrected chi connectivity index (χ0v) is 18.9. The molecule has 2 heterocycles. The second-order valence-electron chi connectivity index (χ2n) is 7.73. The Bertz CT molecular complexity index is 1430. The van der Waals surface area contributed by atoms with Crippen LogP contribution < -0.4 is 5.32 Å². The lowest BCUT2D eigenvalue weighted by molar-refractivity contribution is -0.115. The van der Waals surface area contributed by atoms with Gasteiger partial charge in [-0.2, -0.15) is 0 Å². The molecule has 0 aliphatic rings. The van der Waals surface area contributed by atoms with E-state index < -0.39 is 0 Å². The first-order valence-corrected chi connectivity index (χ1v) is 11.8. The summed E-state index contributed by atoms with van der Waals surface area (Å²) < 4.78 is 2.08. The van der Waals surface area contributed by atoms with Crippen LogP contribution in [-0.4, -0.2) is 25.5 Å². The van der Waals surface area contributed by atoms with Gasteiger partial charge in [0.15, 0.2) is 5.16 Å². The standard InChI is InChI=1S/C26H24N4OS/c1-3-17-13-15-18(16-14-17)27-25(31)23(4-2)32-26-29-20-10-6-5-9-19(20)24-28-21-11-7-8-12-22(21)30(24)26/h5-16,23H,3-4H2,1-2H3,(H,27,31)/t23-/m0/s1. The summed E-state index contributed by atoms with van der Waals surface area (Å²) in [5, 5.41) is 4.56. The lowest BCUT2D eigenvalue weighted by Crippen LogP contribution is -2.25. The largest absolute Gasteiger partial charge is 0.325 e. The quantitative estimate of drug-likeness (QED) is 0.256. The van der Waals surface area contributed by atoms with Crippen molar-refractivity contribution in [2.45, 2.75) is 37.1 Å². The van der Waals surface area contributed by atoms with E-state index in [0.717, 1.165) is 44.8 Å². The Balaban J connectivity index is 1.54. The topological polar surface area (TPSA) is 59.3 Å². The number of carbonyl (C=O) groups is 1. The molecule has 5 nitrogen and oxygen atoms in total. The van der Waals surface area contributed by atoms with E-state index in [2.05, 4.69) is 28.8 Å². The highest BCUT2D eigenvalue weighted by molar-refractivity contribution is 8.00. The maximum absolute atomic E-state index is 13.1. The molecule has 0 fully saturated rings. The van der Waals surface area contributed by atoms with Crippen molar-refractivity contribution in [2.75, 3.05) is 5.32 Å². The molecule has 6 heteroatoms. The van der Waals surface area contributed by atoms with E-state index in [0.29, 0.717) is 6.42 Å². The predicted molar refractivity (Wildman–Crippen MR) is 132 cm³/mol. The van der Waals surface area contributed by atoms with Gasteiger partial charge in [-0.05, 0) is 54.8 Å². The summed E-state index contributed by atoms with van der Waals surface area (Å²) in [5.41, 5.74) is 5.72. The van der Waals surface area contributed by atoms with Crippen molar-refractivity contribution in [1.29, 1.82) is 0 Å². The van der Waals surface area contributed by atoms with Gasteiger partial charge in [0.1, 0.15) is 5.65 Å². The number of rotatable bonds is 6. The van der Waals surface area contributed by atoms with Crippen LogP contribution in [0.3, 0.4) is 0 Å². The molecule has 1 atom stereocenters. The maximum Gasteiger partial charge on any atom is 0.237 e. The van der Waals surface area contributed by atoms with Gasteiger partial charge in [0.25, 0.3) is 0 Å². The van der Waals surface area contributed by atoms with Gasteiger partial charge in [0, 0.05) is 11.1 Å². The predicted octanol–water partition coefficient (Wildman–Crippen LogP) is 6.11. The van der Waals surface area contributed by atoms with Crippen LogP contribution in [0.5, 0.6) is 0 Å². The number of anilines is 1. The van der Waals surface area contributed by atoms with Gasteiger partial charge >= 0.3 is 0 Å². The lowest BCUT2D eigenvalue weighted by atomic mass is 10.1. The number of nitrogens with one attached hydrogen (secondary N) is 1. The molecule has 0 saturated heterocycles. The van der Waals surface area contributed by atoms with E-state index in [9.17, 15) is 4.79 Å². The van der Waals surface area contributed by atoms with Crippen LogP contribution in [0.15, 0.2) is 78.0 Å². The van der Waals surface area contributed by atoms with Crippen LogP contribution >= 0.6 is 11.8 Å². The monoisotopic (exact) mass is 440 g/mol. The van der Waals surface area contributed by atoms with Crippen molar-refractivity contribution in [3.63, 3.8) is 0 Å². The summed E-state index contributed by atoms with van der Waals surface area (Å²) in [4.78, 5) is 22.9. The Morgan fingerprint density at radius 2 is 1.66 bits per heavy atom. The second-order valence-corrected chi connectivity index (χ2v) is 8.90. The van der Waals surface area contributed by atoms with E-state index in [1.807, 2.05) is 67.6 Å². The highest BCUT2D eigenvalue weighted by atomic mass is 32.2. The van der Waals surface area contributed by atoms with E-state index in [1.165, 1.54) is 17.3 Å². The average Bonchev–Trinajstić information content (AvgIpc) is 3.23. The number of para-hydroxylation sites is 3. The minimum Gasteiger partial charge on any atom is -0.325 e. The molecule has 3 aromatic carbocycles. The van der Waals surface area contributed by atoms with Gasteiger partial charge in [-0.15, -0.1) is 0 Å². The second kappa shape index (κ2) is 8.63. The van der Waals surface area contributed by atoms with Crippen molar-refractivity contribution in [2.24, 2.45) is 0 Å². The molecular formula is C26H24N4OS. The van der Waals surface area contributed by atoms with Gasteiger partial charge in [-0.1, -0.05) is 62.0 Å². The Labute approximate surface area is 190 Å². The Morgan fingerprint density at radius 1 is 0.938 bits per heavy atom. The molecule has 160 valence electrons. The van der Waals surface area contributed by atoms with Crippen molar-refractivity contribution in [3.05, 3.63) is 78.4 Å². The van der Waals surface area contributed by atoms with Gasteiger partial charge in [0.05, 0.1) is 21.8 Å². The van der Waals surface area contributed by atoms with Gasteiger partial charge in [0.2, 0.25) is 5.91 Å². The Hall–Kier alpha value is -3.38. The fourth-order valence-electron chi connectivity index (χ4n) is 3.89. The van der Waals surface area contributed by atoms with E-state index >= 15 is 0 Å². The van der Waals surface area contributed by atoms with Crippen LogP contribution in [-0.2, 0) is 11.2 Å². The molecule has 1 amide bonds. The number of thioether (sulfide) groups is 1. The number of carbonyl (C=O) groups excluding carboxylic acids is 1. The number of nitrogens with zero attached hydrogens (tertiary/aromatic N) is 3. The number of benzene rings is 3. The number of hydrogen-bond acceptors (Lipinski definition) is 4. The maximum atomic E-state index is 13.1. The molecule has 0 bridgehead atoms. The molecular weight excluding hydrogens is 416 g/mol. The number of imidazole rings is 1. The first-order chi connectivity index (χ1) is 15.7. The van der Waals surface area contributed by atoms with Gasteiger partial charge in [-0.3, -0.25) is 9.20 Å². The third-order valence-corrected chi connectivity index (χ3v) is 6.97. The summed E-state index contributed by atoms with van der Waals surface area (Å²) in [7, 11) is 0. The SMILES string of the molecule is CCc1ccc(NC(=O)[C@H](CC)Sc2nc3ccccc3c3nc4ccccc4n23)cc1. The van der Waals surface area contributed by atoms with Gasteiger partial charge < -0.3 is 5.32 Å². The average molecular weight is 441 g/mol. The molecule has 0 unspecified atom stereocenters. The van der Waals surface area contributed by atoms with Crippen LogP contribution in [0.2, 0.25) is 0 Å². The molecule has 1 N–H and O–H groups in total. The van der Waals surface area contributed by atoms with Gasteiger partial charge in [-0.25, -0.2) is 9.97 Å². The van der Waals surface area contributed by atoms with E-state index in [1.54, 1.807) is 0 Å². The minimum atomic E-state index is -0.279. The van der Waals surface area contributed by atoms with Crippen LogP contribution in [0, 0.1) is 0 Å².